The molecule has 0 fully saturated rings. The van der Waals surface area contributed by atoms with Crippen molar-refractivity contribution in [1.82, 2.24) is 19.7 Å². The molecule has 0 aliphatic rings. The molecule has 94 valence electrons. The fraction of sp³-hybridized carbons (Fsp3) is 0.167. The van der Waals surface area contributed by atoms with E-state index in [0.29, 0.717) is 29.2 Å². The number of hydrogen-bond acceptors (Lipinski definition) is 5. The smallest absolute Gasteiger partial charge is 0.228 e. The Morgan fingerprint density at radius 1 is 1.47 bits per heavy atom. The van der Waals surface area contributed by atoms with Crippen LogP contribution in [0.3, 0.4) is 0 Å². The summed E-state index contributed by atoms with van der Waals surface area (Å²) in [5, 5.41) is 12.5. The highest BCUT2D eigenvalue weighted by Crippen LogP contribution is 2.16. The van der Waals surface area contributed by atoms with E-state index in [4.69, 9.17) is 22.0 Å². The maximum absolute atomic E-state index is 8.95. The lowest BCUT2D eigenvalue weighted by atomic mass is 10.2. The SMILES string of the molecule is N#Cc1ccc2[nH]c(=S)n(CCc3ncno3)c2c1. The lowest BCUT2D eigenvalue weighted by Gasteiger charge is -2.02. The van der Waals surface area contributed by atoms with Crippen LogP contribution in [0.5, 0.6) is 0 Å². The number of H-pyrrole nitrogens is 1. The van der Waals surface area contributed by atoms with Crippen molar-refractivity contribution in [2.45, 2.75) is 13.0 Å². The summed E-state index contributed by atoms with van der Waals surface area (Å²) >= 11 is 5.29. The zero-order valence-electron chi connectivity index (χ0n) is 9.83. The fourth-order valence-corrected chi connectivity index (χ4v) is 2.26. The number of nitriles is 1. The molecule has 0 amide bonds. The van der Waals surface area contributed by atoms with Crippen molar-refractivity contribution in [3.05, 3.63) is 40.8 Å². The van der Waals surface area contributed by atoms with Gasteiger partial charge in [0.1, 0.15) is 0 Å². The number of benzene rings is 1. The molecule has 1 N–H and O–H groups in total. The summed E-state index contributed by atoms with van der Waals surface area (Å²) in [6.07, 6.45) is 1.97. The highest BCUT2D eigenvalue weighted by Gasteiger charge is 2.07. The van der Waals surface area contributed by atoms with Gasteiger partial charge in [0.05, 0.1) is 22.7 Å². The van der Waals surface area contributed by atoms with E-state index >= 15 is 0 Å². The largest absolute Gasteiger partial charge is 0.340 e. The molecule has 0 bridgehead atoms. The third-order valence-corrected chi connectivity index (χ3v) is 3.18. The monoisotopic (exact) mass is 271 g/mol. The molecular weight excluding hydrogens is 262 g/mol. The lowest BCUT2D eigenvalue weighted by molar-refractivity contribution is 0.371. The van der Waals surface area contributed by atoms with Crippen molar-refractivity contribution in [1.29, 1.82) is 5.26 Å². The molecule has 2 aromatic heterocycles. The summed E-state index contributed by atoms with van der Waals surface area (Å²) < 4.78 is 7.50. The molecule has 3 aromatic rings. The molecule has 19 heavy (non-hydrogen) atoms. The van der Waals surface area contributed by atoms with Crippen molar-refractivity contribution in [3.63, 3.8) is 0 Å². The quantitative estimate of drug-likeness (QED) is 0.738. The summed E-state index contributed by atoms with van der Waals surface area (Å²) in [6, 6.07) is 7.55. The van der Waals surface area contributed by atoms with Crippen molar-refractivity contribution >= 4 is 23.3 Å². The minimum Gasteiger partial charge on any atom is -0.340 e. The van der Waals surface area contributed by atoms with Crippen LogP contribution in [0.1, 0.15) is 11.5 Å². The second-order valence-corrected chi connectivity index (χ2v) is 4.40. The Morgan fingerprint density at radius 2 is 2.37 bits per heavy atom. The first-order valence-corrected chi connectivity index (χ1v) is 6.07. The number of aryl methyl sites for hydroxylation is 2. The van der Waals surface area contributed by atoms with Gasteiger partial charge in [0.2, 0.25) is 5.89 Å². The van der Waals surface area contributed by atoms with Gasteiger partial charge in [-0.15, -0.1) is 0 Å². The second-order valence-electron chi connectivity index (χ2n) is 4.01. The van der Waals surface area contributed by atoms with Crippen LogP contribution in [-0.2, 0) is 13.0 Å². The van der Waals surface area contributed by atoms with Crippen LogP contribution < -0.4 is 0 Å². The van der Waals surface area contributed by atoms with Gasteiger partial charge in [0, 0.05) is 13.0 Å². The zero-order valence-corrected chi connectivity index (χ0v) is 10.6. The van der Waals surface area contributed by atoms with Crippen molar-refractivity contribution in [3.8, 4) is 6.07 Å². The number of nitrogens with zero attached hydrogens (tertiary/aromatic N) is 4. The number of aromatic nitrogens is 4. The lowest BCUT2D eigenvalue weighted by Crippen LogP contribution is -2.01. The van der Waals surface area contributed by atoms with E-state index in [-0.39, 0.29) is 0 Å². The number of fused-ring (bicyclic) bond motifs is 1. The Labute approximate surface area is 113 Å². The molecule has 1 aromatic carbocycles. The first kappa shape index (κ1) is 11.6. The molecule has 0 atom stereocenters. The van der Waals surface area contributed by atoms with E-state index in [1.54, 1.807) is 6.07 Å². The minimum absolute atomic E-state index is 0.563. The minimum atomic E-state index is 0.563. The molecule has 6 nitrogen and oxygen atoms in total. The molecule has 0 saturated heterocycles. The van der Waals surface area contributed by atoms with Gasteiger partial charge in [-0.3, -0.25) is 0 Å². The van der Waals surface area contributed by atoms with E-state index in [2.05, 4.69) is 21.2 Å². The Balaban J connectivity index is 2.00. The molecule has 0 spiro atoms. The van der Waals surface area contributed by atoms with Crippen LogP contribution in [0.2, 0.25) is 0 Å². The van der Waals surface area contributed by atoms with Crippen molar-refractivity contribution < 1.29 is 4.52 Å². The summed E-state index contributed by atoms with van der Waals surface area (Å²) in [4.78, 5) is 7.08. The number of rotatable bonds is 3. The molecule has 2 heterocycles. The molecule has 7 heteroatoms. The predicted molar refractivity (Wildman–Crippen MR) is 69.8 cm³/mol. The third kappa shape index (κ3) is 2.13. The molecule has 0 aliphatic heterocycles. The fourth-order valence-electron chi connectivity index (χ4n) is 1.96. The highest BCUT2D eigenvalue weighted by molar-refractivity contribution is 7.71. The van der Waals surface area contributed by atoms with Gasteiger partial charge in [0.15, 0.2) is 11.1 Å². The summed E-state index contributed by atoms with van der Waals surface area (Å²) in [6.45, 7) is 0.621. The normalized spacial score (nSPS) is 10.7. The van der Waals surface area contributed by atoms with E-state index in [1.165, 1.54) is 6.33 Å². The maximum atomic E-state index is 8.95. The average Bonchev–Trinajstić information content (AvgIpc) is 3.03. The predicted octanol–water partition coefficient (Wildman–Crippen LogP) is 2.20. The first-order chi connectivity index (χ1) is 9.28. The van der Waals surface area contributed by atoms with Crippen LogP contribution in [0.25, 0.3) is 11.0 Å². The average molecular weight is 271 g/mol. The van der Waals surface area contributed by atoms with E-state index in [9.17, 15) is 0 Å². The van der Waals surface area contributed by atoms with Crippen LogP contribution in [-0.4, -0.2) is 19.7 Å². The van der Waals surface area contributed by atoms with Crippen LogP contribution >= 0.6 is 12.2 Å². The Morgan fingerprint density at radius 3 is 3.11 bits per heavy atom. The van der Waals surface area contributed by atoms with Crippen molar-refractivity contribution in [2.24, 2.45) is 0 Å². The van der Waals surface area contributed by atoms with Crippen LogP contribution in [0.4, 0.5) is 0 Å². The van der Waals surface area contributed by atoms with Crippen LogP contribution in [0.15, 0.2) is 29.0 Å². The van der Waals surface area contributed by atoms with Gasteiger partial charge < -0.3 is 14.1 Å². The third-order valence-electron chi connectivity index (χ3n) is 2.86. The van der Waals surface area contributed by atoms with Gasteiger partial charge in [-0.1, -0.05) is 5.16 Å². The number of aromatic amines is 1. The second kappa shape index (κ2) is 4.66. The highest BCUT2D eigenvalue weighted by atomic mass is 32.1. The van der Waals surface area contributed by atoms with Gasteiger partial charge >= 0.3 is 0 Å². The zero-order chi connectivity index (χ0) is 13.2. The number of hydrogen-bond donors (Lipinski definition) is 1. The molecule has 0 aliphatic carbocycles. The van der Waals surface area contributed by atoms with Gasteiger partial charge in [-0.25, -0.2) is 0 Å². The van der Waals surface area contributed by atoms with Crippen molar-refractivity contribution in [2.75, 3.05) is 0 Å². The maximum Gasteiger partial charge on any atom is 0.228 e. The first-order valence-electron chi connectivity index (χ1n) is 5.66. The molecule has 0 saturated carbocycles. The summed E-state index contributed by atoms with van der Waals surface area (Å²) in [5.74, 6) is 0.563. The van der Waals surface area contributed by atoms with E-state index in [1.807, 2.05) is 16.7 Å². The number of nitrogens with one attached hydrogen (secondary N) is 1. The van der Waals surface area contributed by atoms with E-state index in [0.717, 1.165) is 11.0 Å². The van der Waals surface area contributed by atoms with Gasteiger partial charge in [0.25, 0.3) is 0 Å². The Bertz CT molecular complexity index is 809. The topological polar surface area (TPSA) is 83.4 Å². The summed E-state index contributed by atoms with van der Waals surface area (Å²) in [7, 11) is 0. The van der Waals surface area contributed by atoms with E-state index < -0.39 is 0 Å². The standard InChI is InChI=1S/C12H9N5OS/c13-6-8-1-2-9-10(5-8)17(12(19)16-9)4-3-11-14-7-15-18-11/h1-2,5,7H,3-4H2,(H,16,19). The Hall–Kier alpha value is -2.46. The molecule has 0 radical (unpaired) electrons. The Kier molecular flexibility index (Phi) is 2.85. The van der Waals surface area contributed by atoms with Gasteiger partial charge in [-0.2, -0.15) is 10.2 Å². The number of imidazole rings is 1. The molecule has 3 rings (SSSR count). The van der Waals surface area contributed by atoms with Gasteiger partial charge in [-0.05, 0) is 30.4 Å². The molecular formula is C12H9N5OS. The summed E-state index contributed by atoms with van der Waals surface area (Å²) in [5.41, 5.74) is 2.42. The molecule has 0 unspecified atom stereocenters. The van der Waals surface area contributed by atoms with Crippen LogP contribution in [0, 0.1) is 16.1 Å².